The van der Waals surface area contributed by atoms with Crippen LogP contribution in [0.5, 0.6) is 0 Å². The zero-order chi connectivity index (χ0) is 22.8. The largest absolute Gasteiger partial charge is 0.465 e. The Bertz CT molecular complexity index is 1400. The number of rotatable bonds is 4. The molecular weight excluding hydrogens is 406 g/mol. The third-order valence-electron chi connectivity index (χ3n) is 5.13. The molecule has 0 aliphatic heterocycles. The molecule has 4 aromatic rings. The van der Waals surface area contributed by atoms with Crippen LogP contribution in [0, 0.1) is 13.8 Å². The molecule has 0 saturated carbocycles. The summed E-state index contributed by atoms with van der Waals surface area (Å²) < 4.78 is 10.7. The van der Waals surface area contributed by atoms with Crippen molar-refractivity contribution < 1.29 is 18.7 Å². The first-order chi connectivity index (χ1) is 15.4. The Morgan fingerprint density at radius 3 is 2.38 bits per heavy atom. The summed E-state index contributed by atoms with van der Waals surface area (Å²) in [5.74, 6) is -0.371. The molecule has 160 valence electrons. The van der Waals surface area contributed by atoms with Crippen LogP contribution in [0.4, 0.5) is 5.69 Å². The second kappa shape index (κ2) is 8.51. The maximum Gasteiger partial charge on any atom is 0.337 e. The van der Waals surface area contributed by atoms with Gasteiger partial charge in [-0.3, -0.25) is 9.59 Å². The summed E-state index contributed by atoms with van der Waals surface area (Å²) in [5.41, 5.74) is 4.28. The van der Waals surface area contributed by atoms with Crippen molar-refractivity contribution in [1.82, 2.24) is 0 Å². The quantitative estimate of drug-likeness (QED) is 0.457. The number of methoxy groups -OCH3 is 1. The van der Waals surface area contributed by atoms with Crippen LogP contribution in [0.15, 0.2) is 75.9 Å². The summed E-state index contributed by atoms with van der Waals surface area (Å²) in [5, 5.41) is 3.31. The zero-order valence-electron chi connectivity index (χ0n) is 17.9. The first kappa shape index (κ1) is 21.1. The van der Waals surface area contributed by atoms with E-state index in [9.17, 15) is 14.4 Å². The molecule has 6 heteroatoms. The molecule has 1 amide bonds. The number of amides is 1. The Morgan fingerprint density at radius 2 is 1.66 bits per heavy atom. The highest BCUT2D eigenvalue weighted by molar-refractivity contribution is 6.05. The van der Waals surface area contributed by atoms with Crippen LogP contribution < -0.4 is 10.7 Å². The average molecular weight is 427 g/mol. The highest BCUT2D eigenvalue weighted by atomic mass is 16.5. The number of hydrogen-bond donors (Lipinski definition) is 1. The molecule has 3 aromatic carbocycles. The molecule has 0 unspecified atom stereocenters. The molecule has 0 fully saturated rings. The van der Waals surface area contributed by atoms with E-state index in [1.807, 2.05) is 26.0 Å². The highest BCUT2D eigenvalue weighted by Crippen LogP contribution is 2.25. The summed E-state index contributed by atoms with van der Waals surface area (Å²) >= 11 is 0. The number of esters is 1. The summed E-state index contributed by atoms with van der Waals surface area (Å²) in [6, 6.07) is 18.5. The molecule has 0 atom stereocenters. The summed E-state index contributed by atoms with van der Waals surface area (Å²) in [7, 11) is 1.30. The zero-order valence-corrected chi connectivity index (χ0v) is 17.9. The predicted octanol–water partition coefficient (Wildman–Crippen LogP) is 5.12. The van der Waals surface area contributed by atoms with Gasteiger partial charge in [0, 0.05) is 22.9 Å². The molecule has 32 heavy (non-hydrogen) atoms. The number of benzene rings is 3. The molecule has 1 heterocycles. The van der Waals surface area contributed by atoms with E-state index < -0.39 is 5.97 Å². The van der Waals surface area contributed by atoms with Crippen LogP contribution in [0.1, 0.15) is 31.8 Å². The van der Waals surface area contributed by atoms with Gasteiger partial charge in [0.1, 0.15) is 11.3 Å². The van der Waals surface area contributed by atoms with E-state index in [1.54, 1.807) is 48.5 Å². The van der Waals surface area contributed by atoms with Crippen molar-refractivity contribution in [3.63, 3.8) is 0 Å². The molecule has 0 aliphatic rings. The van der Waals surface area contributed by atoms with Gasteiger partial charge in [-0.2, -0.15) is 0 Å². The minimum atomic E-state index is -0.479. The number of fused-ring (bicyclic) bond motifs is 1. The fourth-order valence-corrected chi connectivity index (χ4v) is 3.58. The third-order valence-corrected chi connectivity index (χ3v) is 5.13. The predicted molar refractivity (Wildman–Crippen MR) is 123 cm³/mol. The van der Waals surface area contributed by atoms with Gasteiger partial charge < -0.3 is 14.5 Å². The second-order valence-electron chi connectivity index (χ2n) is 7.54. The maximum atomic E-state index is 12.6. The molecule has 0 aliphatic carbocycles. The average Bonchev–Trinajstić information content (AvgIpc) is 2.79. The van der Waals surface area contributed by atoms with Crippen molar-refractivity contribution in [2.24, 2.45) is 0 Å². The number of nitrogens with one attached hydrogen (secondary N) is 1. The van der Waals surface area contributed by atoms with Gasteiger partial charge in [0.25, 0.3) is 5.91 Å². The second-order valence-corrected chi connectivity index (χ2v) is 7.54. The molecule has 0 radical (unpaired) electrons. The van der Waals surface area contributed by atoms with Gasteiger partial charge in [-0.15, -0.1) is 0 Å². The van der Waals surface area contributed by atoms with Crippen molar-refractivity contribution in [2.75, 3.05) is 12.4 Å². The maximum absolute atomic E-state index is 12.6. The lowest BCUT2D eigenvalue weighted by Gasteiger charge is -2.09. The van der Waals surface area contributed by atoms with Crippen molar-refractivity contribution in [3.8, 4) is 11.3 Å². The lowest BCUT2D eigenvalue weighted by molar-refractivity contribution is 0.0600. The molecule has 6 nitrogen and oxygen atoms in total. The first-order valence-corrected chi connectivity index (χ1v) is 10.0. The molecule has 1 N–H and O–H groups in total. The lowest BCUT2D eigenvalue weighted by Crippen LogP contribution is -2.12. The highest BCUT2D eigenvalue weighted by Gasteiger charge is 2.12. The fourth-order valence-electron chi connectivity index (χ4n) is 3.58. The standard InChI is InChI=1S/C26H21NO5/c1-15-11-16(2)24-21(12-15)22(28)14-23(32-24)17-7-9-18(10-8-17)25(29)27-20-6-4-5-19(13-20)26(30)31-3/h4-14H,1-3H3,(H,27,29). The van der Waals surface area contributed by atoms with E-state index in [0.717, 1.165) is 11.1 Å². The Morgan fingerprint density at radius 1 is 0.906 bits per heavy atom. The van der Waals surface area contributed by atoms with E-state index in [4.69, 9.17) is 9.15 Å². The Hall–Kier alpha value is -4.19. The van der Waals surface area contributed by atoms with Crippen molar-refractivity contribution in [2.45, 2.75) is 13.8 Å². The minimum Gasteiger partial charge on any atom is -0.465 e. The summed E-state index contributed by atoms with van der Waals surface area (Å²) in [4.78, 5) is 36.9. The Kier molecular flexibility index (Phi) is 5.60. The number of aryl methyl sites for hydroxylation is 2. The van der Waals surface area contributed by atoms with Gasteiger partial charge in [0.2, 0.25) is 0 Å². The monoisotopic (exact) mass is 427 g/mol. The summed E-state index contributed by atoms with van der Waals surface area (Å²) in [6.45, 7) is 3.85. The van der Waals surface area contributed by atoms with Gasteiger partial charge in [0.15, 0.2) is 5.43 Å². The topological polar surface area (TPSA) is 85.6 Å². The Labute approximate surface area is 184 Å². The Balaban J connectivity index is 1.59. The van der Waals surface area contributed by atoms with Gasteiger partial charge >= 0.3 is 5.97 Å². The van der Waals surface area contributed by atoms with Crippen LogP contribution in [0.3, 0.4) is 0 Å². The van der Waals surface area contributed by atoms with Crippen LogP contribution in [0.2, 0.25) is 0 Å². The minimum absolute atomic E-state index is 0.111. The number of carbonyl (C=O) groups excluding carboxylic acids is 2. The van der Waals surface area contributed by atoms with Gasteiger partial charge in [0.05, 0.1) is 18.1 Å². The molecular formula is C26H21NO5. The number of anilines is 1. The smallest absolute Gasteiger partial charge is 0.337 e. The summed E-state index contributed by atoms with van der Waals surface area (Å²) in [6.07, 6.45) is 0. The third kappa shape index (κ3) is 4.16. The first-order valence-electron chi connectivity index (χ1n) is 10.0. The normalized spacial score (nSPS) is 10.7. The molecule has 4 rings (SSSR count). The van der Waals surface area contributed by atoms with Gasteiger partial charge in [-0.1, -0.05) is 24.3 Å². The van der Waals surface area contributed by atoms with Gasteiger partial charge in [-0.25, -0.2) is 4.79 Å². The van der Waals surface area contributed by atoms with Crippen LogP contribution >= 0.6 is 0 Å². The number of ether oxygens (including phenoxy) is 1. The molecule has 0 spiro atoms. The van der Waals surface area contributed by atoms with E-state index >= 15 is 0 Å². The van der Waals surface area contributed by atoms with Crippen LogP contribution in [-0.4, -0.2) is 19.0 Å². The lowest BCUT2D eigenvalue weighted by atomic mass is 10.1. The fraction of sp³-hybridized carbons (Fsp3) is 0.115. The molecule has 0 saturated heterocycles. The van der Waals surface area contributed by atoms with E-state index in [2.05, 4.69) is 5.32 Å². The molecule has 0 bridgehead atoms. The number of hydrogen-bond acceptors (Lipinski definition) is 5. The van der Waals surface area contributed by atoms with Crippen LogP contribution in [-0.2, 0) is 4.74 Å². The SMILES string of the molecule is COC(=O)c1cccc(NC(=O)c2ccc(-c3cc(=O)c4cc(C)cc(C)c4o3)cc2)c1. The van der Waals surface area contributed by atoms with Crippen molar-refractivity contribution in [1.29, 1.82) is 0 Å². The van der Waals surface area contributed by atoms with Crippen LogP contribution in [0.25, 0.3) is 22.3 Å². The van der Waals surface area contributed by atoms with E-state index in [0.29, 0.717) is 39.1 Å². The van der Waals surface area contributed by atoms with E-state index in [1.165, 1.54) is 13.2 Å². The number of carbonyl (C=O) groups is 2. The van der Waals surface area contributed by atoms with Crippen molar-refractivity contribution in [3.05, 3.63) is 99.2 Å². The molecule has 1 aromatic heterocycles. The van der Waals surface area contributed by atoms with Gasteiger partial charge in [-0.05, 0) is 61.4 Å². The van der Waals surface area contributed by atoms with E-state index in [-0.39, 0.29) is 11.3 Å². The van der Waals surface area contributed by atoms with Crippen molar-refractivity contribution >= 4 is 28.5 Å².